The zero-order chi connectivity index (χ0) is 19.1. The summed E-state index contributed by atoms with van der Waals surface area (Å²) in [4.78, 5) is 25.3. The molecule has 1 aromatic carbocycles. The standard InChI is InChI=1S/C19H19Cl2NO3S/c1-4-25-18(24)14-10-7-5-6-8-12(10)26-17(14)22-16(23)15-11(9-13(20)21)19(15,2)3/h5-9,11,15H,4H2,1-3H3,(H,22,23)/t11-,15+/m1/s1. The zero-order valence-corrected chi connectivity index (χ0v) is 17.0. The average molecular weight is 412 g/mol. The van der Waals surface area contributed by atoms with E-state index in [2.05, 4.69) is 5.32 Å². The Labute approximate surface area is 166 Å². The average Bonchev–Trinajstić information content (AvgIpc) is 2.92. The Morgan fingerprint density at radius 3 is 2.65 bits per heavy atom. The van der Waals surface area contributed by atoms with Crippen LogP contribution >= 0.6 is 34.5 Å². The lowest BCUT2D eigenvalue weighted by atomic mass is 10.1. The summed E-state index contributed by atoms with van der Waals surface area (Å²) >= 11 is 12.9. The molecule has 0 radical (unpaired) electrons. The van der Waals surface area contributed by atoms with Crippen LogP contribution in [0.5, 0.6) is 0 Å². The van der Waals surface area contributed by atoms with Gasteiger partial charge in [0.15, 0.2) is 0 Å². The minimum atomic E-state index is -0.435. The molecule has 1 aromatic heterocycles. The number of halogens is 2. The third-order valence-corrected chi connectivity index (χ3v) is 6.15. The number of allylic oxidation sites excluding steroid dienone is 1. The SMILES string of the molecule is CCOC(=O)c1c(NC(=O)[C@@H]2[C@@H](C=C(Cl)Cl)C2(C)C)sc2ccccc12. The first kappa shape index (κ1) is 19.2. The Kier molecular flexibility index (Phi) is 5.33. The van der Waals surface area contributed by atoms with Crippen LogP contribution in [-0.4, -0.2) is 18.5 Å². The van der Waals surface area contributed by atoms with Crippen molar-refractivity contribution in [2.24, 2.45) is 17.3 Å². The fraction of sp³-hybridized carbons (Fsp3) is 0.368. The molecule has 1 aliphatic carbocycles. The topological polar surface area (TPSA) is 55.4 Å². The summed E-state index contributed by atoms with van der Waals surface area (Å²) in [7, 11) is 0. The summed E-state index contributed by atoms with van der Waals surface area (Å²) in [6.07, 6.45) is 1.70. The van der Waals surface area contributed by atoms with Crippen molar-refractivity contribution in [1.82, 2.24) is 0 Å². The van der Waals surface area contributed by atoms with Gasteiger partial charge in [0.25, 0.3) is 0 Å². The first-order valence-electron chi connectivity index (χ1n) is 8.29. The highest BCUT2D eigenvalue weighted by Crippen LogP contribution is 2.60. The molecule has 0 spiro atoms. The van der Waals surface area contributed by atoms with Gasteiger partial charge in [-0.15, -0.1) is 11.3 Å². The molecule has 138 valence electrons. The van der Waals surface area contributed by atoms with Gasteiger partial charge in [-0.1, -0.05) is 55.2 Å². The van der Waals surface area contributed by atoms with Gasteiger partial charge in [0.05, 0.1) is 12.5 Å². The molecule has 3 rings (SSSR count). The third-order valence-electron chi connectivity index (χ3n) is 4.81. The van der Waals surface area contributed by atoms with Crippen LogP contribution in [-0.2, 0) is 9.53 Å². The minimum Gasteiger partial charge on any atom is -0.462 e. The predicted molar refractivity (Wildman–Crippen MR) is 107 cm³/mol. The van der Waals surface area contributed by atoms with Gasteiger partial charge in [-0.05, 0) is 30.4 Å². The quantitative estimate of drug-likeness (QED) is 0.650. The molecule has 1 heterocycles. The first-order chi connectivity index (χ1) is 12.3. The minimum absolute atomic E-state index is 0.0343. The molecule has 1 saturated carbocycles. The summed E-state index contributed by atoms with van der Waals surface area (Å²) in [5.41, 5.74) is 0.168. The molecule has 1 N–H and O–H groups in total. The fourth-order valence-electron chi connectivity index (χ4n) is 3.35. The van der Waals surface area contributed by atoms with Crippen molar-refractivity contribution in [3.05, 3.63) is 40.4 Å². The largest absolute Gasteiger partial charge is 0.462 e. The van der Waals surface area contributed by atoms with Crippen molar-refractivity contribution in [3.63, 3.8) is 0 Å². The van der Waals surface area contributed by atoms with E-state index >= 15 is 0 Å². The van der Waals surface area contributed by atoms with Crippen LogP contribution in [0.4, 0.5) is 5.00 Å². The smallest absolute Gasteiger partial charge is 0.341 e. The number of anilines is 1. The number of carbonyl (C=O) groups is 2. The van der Waals surface area contributed by atoms with Gasteiger partial charge in [-0.2, -0.15) is 0 Å². The number of hydrogen-bond donors (Lipinski definition) is 1. The molecule has 4 nitrogen and oxygen atoms in total. The van der Waals surface area contributed by atoms with Crippen LogP contribution in [0.25, 0.3) is 10.1 Å². The number of nitrogens with one attached hydrogen (secondary N) is 1. The lowest BCUT2D eigenvalue weighted by Gasteiger charge is -2.07. The van der Waals surface area contributed by atoms with Crippen molar-refractivity contribution in [3.8, 4) is 0 Å². The maximum atomic E-state index is 12.8. The Balaban J connectivity index is 1.92. The molecule has 2 aromatic rings. The van der Waals surface area contributed by atoms with E-state index in [0.717, 1.165) is 10.1 Å². The molecule has 7 heteroatoms. The lowest BCUT2D eigenvalue weighted by Crippen LogP contribution is -2.18. The summed E-state index contributed by atoms with van der Waals surface area (Å²) in [6, 6.07) is 7.52. The Morgan fingerprint density at radius 2 is 2.00 bits per heavy atom. The van der Waals surface area contributed by atoms with Gasteiger partial charge in [0, 0.05) is 10.1 Å². The number of rotatable bonds is 5. The van der Waals surface area contributed by atoms with Gasteiger partial charge >= 0.3 is 5.97 Å². The molecule has 0 unspecified atom stereocenters. The second kappa shape index (κ2) is 7.22. The van der Waals surface area contributed by atoms with E-state index in [1.165, 1.54) is 11.3 Å². The third kappa shape index (κ3) is 3.48. The molecule has 0 bridgehead atoms. The van der Waals surface area contributed by atoms with E-state index in [9.17, 15) is 9.59 Å². The Morgan fingerprint density at radius 1 is 1.31 bits per heavy atom. The number of hydrogen-bond acceptors (Lipinski definition) is 4. The van der Waals surface area contributed by atoms with Gasteiger partial charge in [0.2, 0.25) is 5.91 Å². The number of ether oxygens (including phenoxy) is 1. The maximum Gasteiger partial charge on any atom is 0.341 e. The van der Waals surface area contributed by atoms with E-state index < -0.39 is 5.97 Å². The second-order valence-corrected chi connectivity index (χ2v) is 8.85. The highest BCUT2D eigenvalue weighted by atomic mass is 35.5. The number of esters is 1. The van der Waals surface area contributed by atoms with Crippen LogP contribution < -0.4 is 5.32 Å². The van der Waals surface area contributed by atoms with E-state index in [0.29, 0.717) is 10.6 Å². The lowest BCUT2D eigenvalue weighted by molar-refractivity contribution is -0.118. The highest BCUT2D eigenvalue weighted by Gasteiger charge is 2.60. The van der Waals surface area contributed by atoms with Crippen molar-refractivity contribution < 1.29 is 14.3 Å². The number of carbonyl (C=O) groups excluding carboxylic acids is 2. The molecule has 0 saturated heterocycles. The van der Waals surface area contributed by atoms with Crippen molar-refractivity contribution >= 4 is 61.5 Å². The van der Waals surface area contributed by atoms with Crippen molar-refractivity contribution in [2.75, 3.05) is 11.9 Å². The highest BCUT2D eigenvalue weighted by molar-refractivity contribution is 7.23. The normalized spacial score (nSPS) is 20.5. The molecule has 2 atom stereocenters. The van der Waals surface area contributed by atoms with Crippen LogP contribution in [0.2, 0.25) is 0 Å². The number of amides is 1. The maximum absolute atomic E-state index is 12.8. The number of fused-ring (bicyclic) bond motifs is 1. The molecule has 1 aliphatic rings. The van der Waals surface area contributed by atoms with Crippen LogP contribution in [0.15, 0.2) is 34.8 Å². The van der Waals surface area contributed by atoms with Gasteiger partial charge in [0.1, 0.15) is 15.1 Å². The van der Waals surface area contributed by atoms with E-state index in [4.69, 9.17) is 27.9 Å². The fourth-order valence-corrected chi connectivity index (χ4v) is 4.72. The zero-order valence-electron chi connectivity index (χ0n) is 14.6. The first-order valence-corrected chi connectivity index (χ1v) is 9.87. The van der Waals surface area contributed by atoms with Crippen LogP contribution in [0, 0.1) is 17.3 Å². The Hall–Kier alpha value is -1.56. The molecule has 0 aliphatic heterocycles. The van der Waals surface area contributed by atoms with Crippen molar-refractivity contribution in [1.29, 1.82) is 0 Å². The molecule has 1 amide bonds. The van der Waals surface area contributed by atoms with E-state index in [1.54, 1.807) is 13.0 Å². The predicted octanol–water partition coefficient (Wildman–Crippen LogP) is 5.61. The second-order valence-electron chi connectivity index (χ2n) is 6.79. The van der Waals surface area contributed by atoms with E-state index in [1.807, 2.05) is 38.1 Å². The molecular weight excluding hydrogens is 393 g/mol. The van der Waals surface area contributed by atoms with Gasteiger partial charge in [-0.3, -0.25) is 4.79 Å². The van der Waals surface area contributed by atoms with Crippen molar-refractivity contribution in [2.45, 2.75) is 20.8 Å². The van der Waals surface area contributed by atoms with Gasteiger partial charge < -0.3 is 10.1 Å². The number of benzene rings is 1. The summed E-state index contributed by atoms with van der Waals surface area (Å²) < 4.78 is 6.26. The Bertz CT molecular complexity index is 899. The molecular formula is C19H19Cl2NO3S. The van der Waals surface area contributed by atoms with Gasteiger partial charge in [-0.25, -0.2) is 4.79 Å². The summed E-state index contributed by atoms with van der Waals surface area (Å²) in [5.74, 6) is -0.873. The monoisotopic (exact) mass is 411 g/mol. The summed E-state index contributed by atoms with van der Waals surface area (Å²) in [5, 5.41) is 4.21. The van der Waals surface area contributed by atoms with Crippen LogP contribution in [0.1, 0.15) is 31.1 Å². The summed E-state index contributed by atoms with van der Waals surface area (Å²) in [6.45, 7) is 6.01. The van der Waals surface area contributed by atoms with E-state index in [-0.39, 0.29) is 34.3 Å². The molecule has 26 heavy (non-hydrogen) atoms. The molecule has 1 fully saturated rings. The number of thiophene rings is 1. The van der Waals surface area contributed by atoms with Crippen LogP contribution in [0.3, 0.4) is 0 Å².